The average molecular weight is 407 g/mol. The van der Waals surface area contributed by atoms with Crippen LogP contribution in [0.4, 0.5) is 0 Å². The molecule has 0 amide bonds. The van der Waals surface area contributed by atoms with Crippen LogP contribution in [0.15, 0.2) is 51.4 Å². The molecule has 3 rings (SSSR count). The van der Waals surface area contributed by atoms with Crippen LogP contribution in [0.5, 0.6) is 0 Å². The third-order valence-electron chi connectivity index (χ3n) is 3.99. The van der Waals surface area contributed by atoms with Crippen molar-refractivity contribution < 1.29 is 8.42 Å². The molecule has 0 aliphatic rings. The number of benzene rings is 1. The number of sulfonamides is 1. The Bertz CT molecular complexity index is 983. The van der Waals surface area contributed by atoms with Gasteiger partial charge in [0.05, 0.1) is 5.69 Å². The molecule has 0 spiro atoms. The lowest BCUT2D eigenvalue weighted by molar-refractivity contribution is 0.569. The van der Waals surface area contributed by atoms with Crippen molar-refractivity contribution in [2.24, 2.45) is 0 Å². The van der Waals surface area contributed by atoms with E-state index in [9.17, 15) is 8.42 Å². The number of nitrogens with zero attached hydrogens (tertiary/aromatic N) is 1. The molecule has 3 aromatic rings. The summed E-state index contributed by atoms with van der Waals surface area (Å²) < 4.78 is 28.5. The molecule has 0 radical (unpaired) electrons. The molecular formula is C19H22N2O2S3. The van der Waals surface area contributed by atoms with Crippen molar-refractivity contribution >= 4 is 32.7 Å². The predicted octanol–water partition coefficient (Wildman–Crippen LogP) is 5.21. The van der Waals surface area contributed by atoms with E-state index in [2.05, 4.69) is 30.5 Å². The molecule has 138 valence electrons. The van der Waals surface area contributed by atoms with Crippen LogP contribution in [0.1, 0.15) is 45.0 Å². The molecule has 0 aliphatic heterocycles. The Labute approximate surface area is 163 Å². The maximum atomic E-state index is 12.7. The van der Waals surface area contributed by atoms with E-state index in [4.69, 9.17) is 0 Å². The smallest absolute Gasteiger partial charge is 0.241 e. The molecule has 1 atom stereocenters. The lowest BCUT2D eigenvalue weighted by atomic mass is 9.93. The highest BCUT2D eigenvalue weighted by atomic mass is 32.2. The lowest BCUT2D eigenvalue weighted by Crippen LogP contribution is -2.26. The van der Waals surface area contributed by atoms with Gasteiger partial charge in [-0.25, -0.2) is 18.1 Å². The van der Waals surface area contributed by atoms with Crippen LogP contribution in [-0.2, 0) is 15.4 Å². The van der Waals surface area contributed by atoms with Crippen LogP contribution in [0, 0.1) is 0 Å². The Morgan fingerprint density at radius 3 is 2.38 bits per heavy atom. The van der Waals surface area contributed by atoms with Gasteiger partial charge in [-0.2, -0.15) is 0 Å². The number of rotatable bonds is 5. The fraction of sp³-hybridized carbons (Fsp3) is 0.316. The van der Waals surface area contributed by atoms with E-state index in [1.807, 2.05) is 48.0 Å². The Morgan fingerprint density at radius 1 is 1.08 bits per heavy atom. The monoisotopic (exact) mass is 406 g/mol. The van der Waals surface area contributed by atoms with E-state index in [-0.39, 0.29) is 11.5 Å². The molecule has 1 aromatic carbocycles. The number of hydrogen-bond donors (Lipinski definition) is 1. The van der Waals surface area contributed by atoms with Gasteiger partial charge in [-0.15, -0.1) is 22.7 Å². The molecular weight excluding hydrogens is 384 g/mol. The molecule has 0 unspecified atom stereocenters. The van der Waals surface area contributed by atoms with Gasteiger partial charge in [-0.05, 0) is 18.6 Å². The molecule has 26 heavy (non-hydrogen) atoms. The Balaban J connectivity index is 1.81. The van der Waals surface area contributed by atoms with Crippen molar-refractivity contribution in [3.05, 3.63) is 58.4 Å². The average Bonchev–Trinajstić information content (AvgIpc) is 3.24. The highest BCUT2D eigenvalue weighted by molar-refractivity contribution is 7.91. The second-order valence-corrected chi connectivity index (χ2v) is 10.9. The predicted molar refractivity (Wildman–Crippen MR) is 109 cm³/mol. The normalized spacial score (nSPS) is 13.7. The van der Waals surface area contributed by atoms with Crippen LogP contribution in [-0.4, -0.2) is 13.4 Å². The maximum absolute atomic E-state index is 12.7. The van der Waals surface area contributed by atoms with Gasteiger partial charge in [0.25, 0.3) is 10.0 Å². The van der Waals surface area contributed by atoms with Gasteiger partial charge in [0, 0.05) is 27.8 Å². The van der Waals surface area contributed by atoms with Gasteiger partial charge < -0.3 is 0 Å². The van der Waals surface area contributed by atoms with Crippen LogP contribution < -0.4 is 4.72 Å². The molecule has 2 heterocycles. The van der Waals surface area contributed by atoms with Crippen molar-refractivity contribution in [1.82, 2.24) is 9.71 Å². The SMILES string of the molecule is C[C@@H](NS(=O)(=O)c1cc(-c2nc(C(C)(C)C)cs2)cs1)c1ccccc1. The molecule has 0 saturated heterocycles. The summed E-state index contributed by atoms with van der Waals surface area (Å²) in [5.74, 6) is 0. The minimum absolute atomic E-state index is 0.0215. The molecule has 1 N–H and O–H groups in total. The van der Waals surface area contributed by atoms with E-state index >= 15 is 0 Å². The van der Waals surface area contributed by atoms with Crippen LogP contribution in [0.25, 0.3) is 10.6 Å². The molecule has 0 bridgehead atoms. The first-order valence-electron chi connectivity index (χ1n) is 8.29. The molecule has 0 aliphatic carbocycles. The third-order valence-corrected chi connectivity index (χ3v) is 7.86. The standard InChI is InChI=1S/C19H22N2O2S3/c1-13(14-8-6-5-7-9-14)21-26(22,23)17-10-15(11-24-17)18-20-16(12-25-18)19(2,3)4/h5-13,21H,1-4H3/t13-/m1/s1. The summed E-state index contributed by atoms with van der Waals surface area (Å²) in [5.41, 5.74) is 2.78. The zero-order valence-electron chi connectivity index (χ0n) is 15.2. The van der Waals surface area contributed by atoms with Gasteiger partial charge in [0.2, 0.25) is 0 Å². The Morgan fingerprint density at radius 2 is 1.77 bits per heavy atom. The largest absolute Gasteiger partial charge is 0.250 e. The lowest BCUT2D eigenvalue weighted by Gasteiger charge is -2.14. The Hall–Kier alpha value is -1.54. The zero-order valence-corrected chi connectivity index (χ0v) is 17.6. The topological polar surface area (TPSA) is 59.1 Å². The third kappa shape index (κ3) is 4.23. The summed E-state index contributed by atoms with van der Waals surface area (Å²) in [7, 11) is -3.57. The molecule has 2 aromatic heterocycles. The Kier molecular flexibility index (Phi) is 5.35. The van der Waals surface area contributed by atoms with Crippen LogP contribution >= 0.6 is 22.7 Å². The summed E-state index contributed by atoms with van der Waals surface area (Å²) in [4.78, 5) is 4.67. The second-order valence-electron chi connectivity index (χ2n) is 7.20. The van der Waals surface area contributed by atoms with Crippen LogP contribution in [0.3, 0.4) is 0 Å². The summed E-state index contributed by atoms with van der Waals surface area (Å²) in [6, 6.07) is 11.0. The van der Waals surface area contributed by atoms with E-state index in [0.717, 1.165) is 21.8 Å². The first-order chi connectivity index (χ1) is 12.2. The van der Waals surface area contributed by atoms with Gasteiger partial charge in [-0.3, -0.25) is 0 Å². The number of thiazole rings is 1. The van der Waals surface area contributed by atoms with Crippen molar-refractivity contribution in [1.29, 1.82) is 0 Å². The molecule has 7 heteroatoms. The van der Waals surface area contributed by atoms with E-state index in [1.165, 1.54) is 11.3 Å². The molecule has 0 fully saturated rings. The van der Waals surface area contributed by atoms with Crippen LogP contribution in [0.2, 0.25) is 0 Å². The van der Waals surface area contributed by atoms with E-state index in [0.29, 0.717) is 4.21 Å². The van der Waals surface area contributed by atoms with Gasteiger partial charge in [0.1, 0.15) is 9.22 Å². The van der Waals surface area contributed by atoms with Crippen molar-refractivity contribution in [3.63, 3.8) is 0 Å². The number of nitrogens with one attached hydrogen (secondary N) is 1. The summed E-state index contributed by atoms with van der Waals surface area (Å²) in [6.07, 6.45) is 0. The second kappa shape index (κ2) is 7.23. The summed E-state index contributed by atoms with van der Waals surface area (Å²) in [6.45, 7) is 8.19. The fourth-order valence-corrected chi connectivity index (χ4v) is 5.94. The number of thiophene rings is 1. The molecule has 0 saturated carbocycles. The first-order valence-corrected chi connectivity index (χ1v) is 11.5. The highest BCUT2D eigenvalue weighted by Gasteiger charge is 2.22. The van der Waals surface area contributed by atoms with Gasteiger partial charge >= 0.3 is 0 Å². The van der Waals surface area contributed by atoms with Crippen molar-refractivity contribution in [2.45, 2.75) is 43.4 Å². The number of hydrogen-bond acceptors (Lipinski definition) is 5. The minimum Gasteiger partial charge on any atom is -0.241 e. The van der Waals surface area contributed by atoms with Gasteiger partial charge in [0.15, 0.2) is 0 Å². The van der Waals surface area contributed by atoms with Crippen molar-refractivity contribution in [2.75, 3.05) is 0 Å². The molecule has 4 nitrogen and oxygen atoms in total. The summed E-state index contributed by atoms with van der Waals surface area (Å²) in [5, 5.41) is 4.74. The zero-order chi connectivity index (χ0) is 18.9. The minimum atomic E-state index is -3.57. The number of aromatic nitrogens is 1. The fourth-order valence-electron chi connectivity index (χ4n) is 2.42. The van der Waals surface area contributed by atoms with E-state index in [1.54, 1.807) is 17.4 Å². The maximum Gasteiger partial charge on any atom is 0.250 e. The first kappa shape index (κ1) is 19.2. The highest BCUT2D eigenvalue weighted by Crippen LogP contribution is 2.33. The summed E-state index contributed by atoms with van der Waals surface area (Å²) >= 11 is 2.77. The van der Waals surface area contributed by atoms with Gasteiger partial charge in [-0.1, -0.05) is 51.1 Å². The quantitative estimate of drug-likeness (QED) is 0.633. The van der Waals surface area contributed by atoms with Crippen molar-refractivity contribution in [3.8, 4) is 10.6 Å². The van der Waals surface area contributed by atoms with E-state index < -0.39 is 10.0 Å².